The number of rotatable bonds is 1. The lowest BCUT2D eigenvalue weighted by molar-refractivity contribution is -0.154. The Morgan fingerprint density at radius 1 is 1.38 bits per heavy atom. The van der Waals surface area contributed by atoms with Crippen molar-refractivity contribution in [1.29, 1.82) is 0 Å². The summed E-state index contributed by atoms with van der Waals surface area (Å²) < 4.78 is 4.41. The van der Waals surface area contributed by atoms with Gasteiger partial charge >= 0.3 is 11.9 Å². The smallest absolute Gasteiger partial charge is 0.398 e. The van der Waals surface area contributed by atoms with Crippen LogP contribution in [-0.2, 0) is 14.3 Å². The topological polar surface area (TPSA) is 79.5 Å². The minimum absolute atomic E-state index is 0.155. The molecular weight excluding hydrogens is 194 g/mol. The van der Waals surface area contributed by atoms with Crippen molar-refractivity contribution in [3.05, 3.63) is 0 Å². The molecule has 0 aliphatic carbocycles. The van der Waals surface area contributed by atoms with Crippen LogP contribution in [0, 0.1) is 0 Å². The first-order valence-electron chi connectivity index (χ1n) is 3.56. The summed E-state index contributed by atoms with van der Waals surface area (Å²) in [5.41, 5.74) is 4.34. The minimum Gasteiger partial charge on any atom is -0.459 e. The van der Waals surface area contributed by atoms with Crippen molar-refractivity contribution in [3.8, 4) is 0 Å². The van der Waals surface area contributed by atoms with Crippen LogP contribution in [0.1, 0.15) is 6.92 Å². The molecule has 0 aromatic rings. The van der Waals surface area contributed by atoms with E-state index in [1.54, 1.807) is 14.0 Å². The molecule has 1 amide bonds. The van der Waals surface area contributed by atoms with E-state index < -0.39 is 11.9 Å². The lowest BCUT2D eigenvalue weighted by atomic mass is 10.6. The molecule has 0 radical (unpaired) electrons. The molecule has 0 spiro atoms. The number of carbonyl (C=O) groups excluding carboxylic acids is 2. The van der Waals surface area contributed by atoms with E-state index in [9.17, 15) is 9.59 Å². The second-order valence-corrected chi connectivity index (χ2v) is 2.29. The molecule has 0 saturated heterocycles. The molecule has 0 saturated carbocycles. The number of amides is 1. The summed E-state index contributed by atoms with van der Waals surface area (Å²) in [4.78, 5) is 21.5. The van der Waals surface area contributed by atoms with E-state index in [4.69, 9.17) is 0 Å². The molecule has 0 unspecified atom stereocenters. The molecule has 0 aliphatic rings. The van der Waals surface area contributed by atoms with Crippen molar-refractivity contribution in [1.82, 2.24) is 16.2 Å². The van der Waals surface area contributed by atoms with Crippen molar-refractivity contribution in [2.75, 3.05) is 13.7 Å². The number of thiocarbonyl (C=S) groups is 1. The first-order valence-corrected chi connectivity index (χ1v) is 3.97. The van der Waals surface area contributed by atoms with Crippen LogP contribution in [0.5, 0.6) is 0 Å². The summed E-state index contributed by atoms with van der Waals surface area (Å²) in [6.07, 6.45) is 0. The fourth-order valence-corrected chi connectivity index (χ4v) is 0.475. The van der Waals surface area contributed by atoms with Crippen LogP contribution in [0.4, 0.5) is 0 Å². The Bertz CT molecular complexity index is 219. The quantitative estimate of drug-likeness (QED) is 0.213. The molecule has 74 valence electrons. The van der Waals surface area contributed by atoms with Gasteiger partial charge in [-0.05, 0) is 19.1 Å². The second-order valence-electron chi connectivity index (χ2n) is 1.88. The van der Waals surface area contributed by atoms with Gasteiger partial charge in [0, 0.05) is 7.05 Å². The molecule has 0 atom stereocenters. The van der Waals surface area contributed by atoms with E-state index in [1.807, 2.05) is 0 Å². The van der Waals surface area contributed by atoms with Crippen molar-refractivity contribution in [3.63, 3.8) is 0 Å². The second kappa shape index (κ2) is 6.18. The fourth-order valence-electron chi connectivity index (χ4n) is 0.424. The van der Waals surface area contributed by atoms with E-state index in [2.05, 4.69) is 33.1 Å². The molecule has 0 bridgehead atoms. The highest BCUT2D eigenvalue weighted by Crippen LogP contribution is 1.76. The van der Waals surface area contributed by atoms with Gasteiger partial charge in [0.05, 0.1) is 6.61 Å². The van der Waals surface area contributed by atoms with E-state index in [1.165, 1.54) is 0 Å². The number of esters is 1. The lowest BCUT2D eigenvalue weighted by Crippen LogP contribution is -2.48. The summed E-state index contributed by atoms with van der Waals surface area (Å²) >= 11 is 4.64. The zero-order valence-electron chi connectivity index (χ0n) is 7.34. The van der Waals surface area contributed by atoms with Crippen LogP contribution < -0.4 is 16.2 Å². The van der Waals surface area contributed by atoms with Gasteiger partial charge in [-0.2, -0.15) is 0 Å². The van der Waals surface area contributed by atoms with Gasteiger partial charge in [-0.1, -0.05) is 0 Å². The minimum atomic E-state index is -0.950. The average molecular weight is 205 g/mol. The molecule has 0 fully saturated rings. The highest BCUT2D eigenvalue weighted by molar-refractivity contribution is 7.80. The third kappa shape index (κ3) is 4.96. The van der Waals surface area contributed by atoms with Crippen molar-refractivity contribution >= 4 is 29.2 Å². The third-order valence-corrected chi connectivity index (χ3v) is 1.28. The Labute approximate surface area is 81.0 Å². The Balaban J connectivity index is 3.74. The average Bonchev–Trinajstić information content (AvgIpc) is 2.13. The fraction of sp³-hybridized carbons (Fsp3) is 0.500. The summed E-state index contributed by atoms with van der Waals surface area (Å²) in [7, 11) is 1.58. The normalized spacial score (nSPS) is 8.46. The molecule has 13 heavy (non-hydrogen) atoms. The zero-order chi connectivity index (χ0) is 10.3. The molecule has 7 heteroatoms. The molecule has 0 heterocycles. The maximum absolute atomic E-state index is 10.8. The summed E-state index contributed by atoms with van der Waals surface area (Å²) in [5, 5.41) is 2.75. The Hall–Kier alpha value is -1.37. The number of carbonyl (C=O) groups is 2. The van der Waals surface area contributed by atoms with Gasteiger partial charge in [-0.15, -0.1) is 0 Å². The van der Waals surface area contributed by atoms with Crippen LogP contribution in [0.3, 0.4) is 0 Å². The molecule has 0 aliphatic heterocycles. The number of hydrazine groups is 1. The molecule has 0 aromatic heterocycles. The largest absolute Gasteiger partial charge is 0.459 e. The van der Waals surface area contributed by atoms with Gasteiger partial charge in [0.1, 0.15) is 0 Å². The molecule has 6 nitrogen and oxygen atoms in total. The first-order chi connectivity index (χ1) is 6.11. The molecule has 0 aromatic carbocycles. The number of ether oxygens (including phenoxy) is 1. The van der Waals surface area contributed by atoms with E-state index in [0.717, 1.165) is 0 Å². The van der Waals surface area contributed by atoms with Crippen LogP contribution >= 0.6 is 12.2 Å². The maximum Gasteiger partial charge on any atom is 0.398 e. The van der Waals surface area contributed by atoms with Gasteiger partial charge < -0.3 is 10.1 Å². The van der Waals surface area contributed by atoms with Crippen LogP contribution in [0.15, 0.2) is 0 Å². The zero-order valence-corrected chi connectivity index (χ0v) is 8.16. The maximum atomic E-state index is 10.8. The number of hydrogen-bond donors (Lipinski definition) is 3. The highest BCUT2D eigenvalue weighted by atomic mass is 32.1. The summed E-state index contributed by atoms with van der Waals surface area (Å²) in [5.74, 6) is -1.84. The van der Waals surface area contributed by atoms with E-state index in [0.29, 0.717) is 0 Å². The van der Waals surface area contributed by atoms with Gasteiger partial charge in [-0.25, -0.2) is 4.79 Å². The Morgan fingerprint density at radius 2 is 2.00 bits per heavy atom. The van der Waals surface area contributed by atoms with Gasteiger partial charge in [0.2, 0.25) is 0 Å². The third-order valence-electron chi connectivity index (χ3n) is 0.977. The molecule has 3 N–H and O–H groups in total. The Morgan fingerprint density at radius 3 is 2.46 bits per heavy atom. The number of hydrogen-bond acceptors (Lipinski definition) is 4. The van der Waals surface area contributed by atoms with Crippen LogP contribution in [0.2, 0.25) is 0 Å². The first kappa shape index (κ1) is 11.6. The predicted octanol–water partition coefficient (Wildman–Crippen LogP) is -1.33. The Kier molecular flexibility index (Phi) is 5.53. The molecular formula is C6H11N3O3S. The highest BCUT2D eigenvalue weighted by Gasteiger charge is 2.13. The SMILES string of the molecule is CCOC(=O)C(=O)NNC(=S)NC. The standard InChI is InChI=1S/C6H11N3O3S/c1-3-12-5(11)4(10)8-9-6(13)7-2/h3H2,1-2H3,(H,8,10)(H2,7,9,13). The van der Waals surface area contributed by atoms with Crippen LogP contribution in [-0.4, -0.2) is 30.6 Å². The van der Waals surface area contributed by atoms with Crippen molar-refractivity contribution in [2.45, 2.75) is 6.92 Å². The molecule has 0 rings (SSSR count). The summed E-state index contributed by atoms with van der Waals surface area (Å²) in [6, 6.07) is 0. The van der Waals surface area contributed by atoms with E-state index >= 15 is 0 Å². The predicted molar refractivity (Wildman–Crippen MR) is 49.6 cm³/mol. The van der Waals surface area contributed by atoms with Gasteiger partial charge in [-0.3, -0.25) is 15.6 Å². The summed E-state index contributed by atoms with van der Waals surface area (Å²) in [6.45, 7) is 1.76. The monoisotopic (exact) mass is 205 g/mol. The number of nitrogens with one attached hydrogen (secondary N) is 3. The van der Waals surface area contributed by atoms with Crippen molar-refractivity contribution < 1.29 is 14.3 Å². The lowest BCUT2D eigenvalue weighted by Gasteiger charge is -2.07. The van der Waals surface area contributed by atoms with Gasteiger partial charge in [0.25, 0.3) is 0 Å². The van der Waals surface area contributed by atoms with Crippen molar-refractivity contribution in [2.24, 2.45) is 0 Å². The van der Waals surface area contributed by atoms with Gasteiger partial charge in [0.15, 0.2) is 5.11 Å². The van der Waals surface area contributed by atoms with Crippen LogP contribution in [0.25, 0.3) is 0 Å². The van der Waals surface area contributed by atoms with E-state index in [-0.39, 0.29) is 11.7 Å².